The van der Waals surface area contributed by atoms with E-state index in [9.17, 15) is 4.79 Å². The zero-order valence-corrected chi connectivity index (χ0v) is 11.7. The molecule has 0 spiro atoms. The zero-order valence-electron chi connectivity index (χ0n) is 10.9. The lowest BCUT2D eigenvalue weighted by Gasteiger charge is -2.16. The average molecular weight is 291 g/mol. The molecule has 8 heteroatoms. The highest BCUT2D eigenvalue weighted by molar-refractivity contribution is 7.07. The van der Waals surface area contributed by atoms with Crippen LogP contribution in [0.3, 0.4) is 0 Å². The number of ether oxygens (including phenoxy) is 1. The summed E-state index contributed by atoms with van der Waals surface area (Å²) in [6.45, 7) is 3.02. The molecule has 1 fully saturated rings. The molecule has 3 heterocycles. The van der Waals surface area contributed by atoms with E-state index in [2.05, 4.69) is 19.6 Å². The van der Waals surface area contributed by atoms with Gasteiger partial charge in [-0.1, -0.05) is 4.49 Å². The van der Waals surface area contributed by atoms with E-state index in [-0.39, 0.29) is 12.0 Å². The van der Waals surface area contributed by atoms with Gasteiger partial charge in [0.1, 0.15) is 17.3 Å². The molecule has 1 aliphatic rings. The van der Waals surface area contributed by atoms with Crippen LogP contribution < -0.4 is 4.74 Å². The van der Waals surface area contributed by atoms with E-state index in [1.165, 1.54) is 6.33 Å². The van der Waals surface area contributed by atoms with Gasteiger partial charge in [0.15, 0.2) is 0 Å². The second-order valence-corrected chi connectivity index (χ2v) is 5.27. The number of aryl methyl sites for hydroxylation is 1. The zero-order chi connectivity index (χ0) is 13.9. The molecule has 0 radical (unpaired) electrons. The number of hydrogen-bond acceptors (Lipinski definition) is 7. The molecule has 2 aromatic heterocycles. The first-order valence-electron chi connectivity index (χ1n) is 6.25. The maximum Gasteiger partial charge on any atom is 0.267 e. The predicted octanol–water partition coefficient (Wildman–Crippen LogP) is 0.930. The number of hydrogen-bond donors (Lipinski definition) is 0. The molecule has 0 saturated carbocycles. The maximum absolute atomic E-state index is 12.3. The molecule has 2 aromatic rings. The van der Waals surface area contributed by atoms with Gasteiger partial charge in [-0.3, -0.25) is 4.79 Å². The lowest BCUT2D eigenvalue weighted by atomic mass is 10.3. The summed E-state index contributed by atoms with van der Waals surface area (Å²) in [5, 5.41) is 3.87. The number of carbonyl (C=O) groups excluding carboxylic acids is 1. The van der Waals surface area contributed by atoms with E-state index in [1.807, 2.05) is 0 Å². The molecule has 0 aliphatic carbocycles. The normalized spacial score (nSPS) is 18.2. The van der Waals surface area contributed by atoms with Crippen LogP contribution in [0.5, 0.6) is 5.88 Å². The van der Waals surface area contributed by atoms with Crippen LogP contribution in [0.4, 0.5) is 0 Å². The van der Waals surface area contributed by atoms with Gasteiger partial charge in [0, 0.05) is 25.2 Å². The van der Waals surface area contributed by atoms with Crippen molar-refractivity contribution in [1.82, 2.24) is 24.5 Å². The minimum absolute atomic E-state index is 0.0220. The third kappa shape index (κ3) is 2.60. The quantitative estimate of drug-likeness (QED) is 0.837. The molecule has 20 heavy (non-hydrogen) atoms. The largest absolute Gasteiger partial charge is 0.472 e. The number of rotatable bonds is 3. The van der Waals surface area contributed by atoms with Crippen molar-refractivity contribution in [2.75, 3.05) is 13.1 Å². The molecule has 1 amide bonds. The lowest BCUT2D eigenvalue weighted by molar-refractivity contribution is 0.0775. The summed E-state index contributed by atoms with van der Waals surface area (Å²) in [5.41, 5.74) is 0.681. The Morgan fingerprint density at radius 2 is 2.45 bits per heavy atom. The first-order chi connectivity index (χ1) is 9.74. The summed E-state index contributed by atoms with van der Waals surface area (Å²) in [5.74, 6) is 0.515. The van der Waals surface area contributed by atoms with Gasteiger partial charge in [0.25, 0.3) is 5.91 Å². The van der Waals surface area contributed by atoms with Crippen molar-refractivity contribution in [3.63, 3.8) is 0 Å². The minimum Gasteiger partial charge on any atom is -0.472 e. The van der Waals surface area contributed by atoms with Crippen LogP contribution in [-0.4, -0.2) is 49.6 Å². The molecule has 3 rings (SSSR count). The van der Waals surface area contributed by atoms with Crippen molar-refractivity contribution in [2.24, 2.45) is 0 Å². The van der Waals surface area contributed by atoms with Crippen LogP contribution in [0, 0.1) is 6.92 Å². The molecule has 0 N–H and O–H groups in total. The molecule has 1 unspecified atom stereocenters. The maximum atomic E-state index is 12.3. The molecule has 1 saturated heterocycles. The smallest absolute Gasteiger partial charge is 0.267 e. The third-order valence-electron chi connectivity index (χ3n) is 3.12. The van der Waals surface area contributed by atoms with E-state index >= 15 is 0 Å². The van der Waals surface area contributed by atoms with Gasteiger partial charge in [-0.15, -0.1) is 5.10 Å². The summed E-state index contributed by atoms with van der Waals surface area (Å²) < 4.78 is 9.53. The van der Waals surface area contributed by atoms with E-state index < -0.39 is 0 Å². The Labute approximate surface area is 119 Å². The van der Waals surface area contributed by atoms with Crippen molar-refractivity contribution in [3.8, 4) is 5.88 Å². The van der Waals surface area contributed by atoms with E-state index in [0.29, 0.717) is 29.5 Å². The van der Waals surface area contributed by atoms with Crippen LogP contribution in [0.1, 0.15) is 21.8 Å². The Morgan fingerprint density at radius 3 is 3.15 bits per heavy atom. The fourth-order valence-corrected chi connectivity index (χ4v) is 2.72. The van der Waals surface area contributed by atoms with Crippen molar-refractivity contribution in [3.05, 3.63) is 29.2 Å². The van der Waals surface area contributed by atoms with Gasteiger partial charge in [-0.25, -0.2) is 9.97 Å². The summed E-state index contributed by atoms with van der Waals surface area (Å²) in [4.78, 5) is 22.5. The van der Waals surface area contributed by atoms with Gasteiger partial charge in [-0.05, 0) is 18.5 Å². The van der Waals surface area contributed by atoms with E-state index in [4.69, 9.17) is 4.74 Å². The monoisotopic (exact) mass is 291 g/mol. The van der Waals surface area contributed by atoms with Crippen molar-refractivity contribution in [1.29, 1.82) is 0 Å². The van der Waals surface area contributed by atoms with Crippen molar-refractivity contribution in [2.45, 2.75) is 19.4 Å². The Balaban J connectivity index is 1.62. The van der Waals surface area contributed by atoms with Crippen LogP contribution in [0.25, 0.3) is 0 Å². The van der Waals surface area contributed by atoms with Crippen LogP contribution >= 0.6 is 11.5 Å². The van der Waals surface area contributed by atoms with Crippen molar-refractivity contribution < 1.29 is 9.53 Å². The number of nitrogens with zero attached hydrogens (tertiary/aromatic N) is 5. The van der Waals surface area contributed by atoms with Crippen LogP contribution in [0.2, 0.25) is 0 Å². The minimum atomic E-state index is -0.0324. The molecular formula is C12H13N5O2S. The summed E-state index contributed by atoms with van der Waals surface area (Å²) in [7, 11) is 0. The lowest BCUT2D eigenvalue weighted by Crippen LogP contribution is -2.30. The molecular weight excluding hydrogens is 278 g/mol. The molecule has 7 nitrogen and oxygen atoms in total. The van der Waals surface area contributed by atoms with E-state index in [1.54, 1.807) is 24.1 Å². The SMILES string of the molecule is Cc1nnsc1C(=O)N1CCC(Oc2ccncn2)C1. The highest BCUT2D eigenvalue weighted by Gasteiger charge is 2.30. The van der Waals surface area contributed by atoms with Crippen LogP contribution in [0.15, 0.2) is 18.6 Å². The summed E-state index contributed by atoms with van der Waals surface area (Å²) in [6.07, 6.45) is 3.84. The molecule has 0 bridgehead atoms. The number of likely N-dealkylation sites (tertiary alicyclic amines) is 1. The van der Waals surface area contributed by atoms with Gasteiger partial charge in [0.2, 0.25) is 5.88 Å². The second kappa shape index (κ2) is 5.49. The number of aromatic nitrogens is 4. The Morgan fingerprint density at radius 1 is 1.55 bits per heavy atom. The third-order valence-corrected chi connectivity index (χ3v) is 3.94. The van der Waals surface area contributed by atoms with E-state index in [0.717, 1.165) is 18.0 Å². The van der Waals surface area contributed by atoms with Crippen LogP contribution in [-0.2, 0) is 0 Å². The fourth-order valence-electron chi connectivity index (χ4n) is 2.10. The summed E-state index contributed by atoms with van der Waals surface area (Å²) in [6, 6.07) is 1.71. The van der Waals surface area contributed by atoms with Crippen molar-refractivity contribution >= 4 is 17.4 Å². The number of amides is 1. The second-order valence-electron chi connectivity index (χ2n) is 4.51. The molecule has 104 valence electrons. The predicted molar refractivity (Wildman–Crippen MR) is 71.6 cm³/mol. The highest BCUT2D eigenvalue weighted by Crippen LogP contribution is 2.20. The Hall–Kier alpha value is -2.09. The van der Waals surface area contributed by atoms with Gasteiger partial charge in [-0.2, -0.15) is 0 Å². The number of carbonyl (C=O) groups is 1. The fraction of sp³-hybridized carbons (Fsp3) is 0.417. The highest BCUT2D eigenvalue weighted by atomic mass is 32.1. The van der Waals surface area contributed by atoms with Gasteiger partial charge < -0.3 is 9.64 Å². The average Bonchev–Trinajstić information content (AvgIpc) is 3.08. The summed E-state index contributed by atoms with van der Waals surface area (Å²) >= 11 is 1.14. The van der Waals surface area contributed by atoms with Gasteiger partial charge in [0.05, 0.1) is 12.2 Å². The van der Waals surface area contributed by atoms with Gasteiger partial charge >= 0.3 is 0 Å². The topological polar surface area (TPSA) is 81.1 Å². The Kier molecular flexibility index (Phi) is 3.55. The molecule has 1 aliphatic heterocycles. The Bertz CT molecular complexity index is 603. The molecule has 0 aromatic carbocycles. The standard InChI is InChI=1S/C12H13N5O2S/c1-8-11(20-16-15-8)12(18)17-5-3-9(6-17)19-10-2-4-13-7-14-10/h2,4,7,9H,3,5-6H2,1H3. The first-order valence-corrected chi connectivity index (χ1v) is 7.02. The molecule has 1 atom stereocenters. The first kappa shape index (κ1) is 12.9.